The molecule has 2 N–H and O–H groups in total. The zero-order valence-electron chi connectivity index (χ0n) is 10.3. The van der Waals surface area contributed by atoms with E-state index in [0.717, 1.165) is 33.3 Å². The van der Waals surface area contributed by atoms with Gasteiger partial charge in [0.2, 0.25) is 0 Å². The number of aryl methyl sites for hydroxylation is 1. The first-order chi connectivity index (χ1) is 9.19. The second-order valence-corrected chi connectivity index (χ2v) is 7.52. The third kappa shape index (κ3) is 4.60. The smallest absolute Gasteiger partial charge is 0.0843 e. The van der Waals surface area contributed by atoms with Gasteiger partial charge in [0.1, 0.15) is 0 Å². The molecule has 0 atom stereocenters. The minimum atomic E-state index is 0.245. The molecule has 2 rings (SSSR count). The first kappa shape index (κ1) is 15.0. The Kier molecular flexibility index (Phi) is 5.88. The van der Waals surface area contributed by atoms with Crippen LogP contribution in [0.4, 0.5) is 5.69 Å². The van der Waals surface area contributed by atoms with Crippen LogP contribution in [0.2, 0.25) is 0 Å². The van der Waals surface area contributed by atoms with Crippen molar-refractivity contribution in [2.24, 2.45) is 0 Å². The van der Waals surface area contributed by atoms with Crippen molar-refractivity contribution in [1.29, 1.82) is 0 Å². The molecule has 0 spiro atoms. The molecular weight excluding hydrogens is 390 g/mol. The maximum atomic E-state index is 8.85. The Balaban J connectivity index is 1.95. The Labute approximate surface area is 134 Å². The number of thiophene rings is 1. The number of aliphatic hydroxyl groups excluding tert-OH is 1. The fourth-order valence-corrected chi connectivity index (χ4v) is 3.90. The van der Waals surface area contributed by atoms with Gasteiger partial charge < -0.3 is 10.4 Å². The Morgan fingerprint density at radius 3 is 2.74 bits per heavy atom. The highest BCUT2D eigenvalue weighted by atomic mass is 79.9. The number of aliphatic hydroxyl groups is 1. The number of rotatable bonds is 6. The van der Waals surface area contributed by atoms with Crippen LogP contribution >= 0.6 is 43.2 Å². The van der Waals surface area contributed by atoms with Gasteiger partial charge in [0, 0.05) is 28.2 Å². The van der Waals surface area contributed by atoms with Crippen LogP contribution in [-0.2, 0) is 13.0 Å². The fourth-order valence-electron chi connectivity index (χ4n) is 1.79. The fraction of sp³-hybridized carbons (Fsp3) is 0.286. The summed E-state index contributed by atoms with van der Waals surface area (Å²) in [5.41, 5.74) is 2.38. The summed E-state index contributed by atoms with van der Waals surface area (Å²) in [6, 6.07) is 10.5. The molecule has 0 aliphatic carbocycles. The van der Waals surface area contributed by atoms with Crippen LogP contribution in [-0.4, -0.2) is 11.7 Å². The number of hydrogen-bond acceptors (Lipinski definition) is 3. The second kappa shape index (κ2) is 7.43. The molecule has 0 saturated carbocycles. The largest absolute Gasteiger partial charge is 0.396 e. The van der Waals surface area contributed by atoms with Crippen molar-refractivity contribution in [2.75, 3.05) is 11.9 Å². The van der Waals surface area contributed by atoms with Gasteiger partial charge in [0.05, 0.1) is 3.79 Å². The lowest BCUT2D eigenvalue weighted by Gasteiger charge is -2.07. The molecule has 0 bridgehead atoms. The van der Waals surface area contributed by atoms with Gasteiger partial charge in [-0.25, -0.2) is 0 Å². The molecule has 0 aliphatic heterocycles. The van der Waals surface area contributed by atoms with Gasteiger partial charge in [-0.15, -0.1) is 11.3 Å². The molecule has 1 aromatic heterocycles. The summed E-state index contributed by atoms with van der Waals surface area (Å²) in [5.74, 6) is 0. The van der Waals surface area contributed by atoms with Gasteiger partial charge >= 0.3 is 0 Å². The van der Waals surface area contributed by atoms with Crippen molar-refractivity contribution >= 4 is 48.9 Å². The molecule has 0 radical (unpaired) electrons. The zero-order valence-corrected chi connectivity index (χ0v) is 14.3. The van der Waals surface area contributed by atoms with E-state index in [9.17, 15) is 0 Å². The van der Waals surface area contributed by atoms with E-state index in [1.54, 1.807) is 11.3 Å². The van der Waals surface area contributed by atoms with Crippen molar-refractivity contribution in [3.63, 3.8) is 0 Å². The quantitative estimate of drug-likeness (QED) is 0.723. The van der Waals surface area contributed by atoms with E-state index in [1.165, 1.54) is 10.4 Å². The van der Waals surface area contributed by atoms with Crippen LogP contribution in [0.5, 0.6) is 0 Å². The maximum Gasteiger partial charge on any atom is 0.0843 e. The summed E-state index contributed by atoms with van der Waals surface area (Å²) in [5, 5.41) is 12.3. The first-order valence-electron chi connectivity index (χ1n) is 6.06. The summed E-state index contributed by atoms with van der Waals surface area (Å²) in [7, 11) is 0. The summed E-state index contributed by atoms with van der Waals surface area (Å²) in [6.45, 7) is 1.06. The highest BCUT2D eigenvalue weighted by molar-refractivity contribution is 9.13. The topological polar surface area (TPSA) is 32.3 Å². The Hall–Kier alpha value is -0.360. The number of benzene rings is 1. The monoisotopic (exact) mass is 403 g/mol. The third-order valence-electron chi connectivity index (χ3n) is 2.71. The predicted molar refractivity (Wildman–Crippen MR) is 88.9 cm³/mol. The molecule has 0 aliphatic rings. The van der Waals surface area contributed by atoms with Crippen LogP contribution in [0.3, 0.4) is 0 Å². The van der Waals surface area contributed by atoms with Gasteiger partial charge in [-0.2, -0.15) is 0 Å². The molecule has 2 nitrogen and oxygen atoms in total. The Morgan fingerprint density at radius 1 is 1.21 bits per heavy atom. The third-order valence-corrected chi connectivity index (χ3v) is 5.97. The Morgan fingerprint density at radius 2 is 2.05 bits per heavy atom. The lowest BCUT2D eigenvalue weighted by molar-refractivity contribution is 0.288. The maximum absolute atomic E-state index is 8.85. The van der Waals surface area contributed by atoms with Gasteiger partial charge in [-0.1, -0.05) is 12.1 Å². The minimum Gasteiger partial charge on any atom is -0.396 e. The van der Waals surface area contributed by atoms with Crippen LogP contribution in [0, 0.1) is 0 Å². The van der Waals surface area contributed by atoms with Crippen molar-refractivity contribution in [1.82, 2.24) is 0 Å². The van der Waals surface area contributed by atoms with Crippen molar-refractivity contribution in [2.45, 2.75) is 19.4 Å². The zero-order chi connectivity index (χ0) is 13.7. The summed E-state index contributed by atoms with van der Waals surface area (Å²) in [4.78, 5) is 1.28. The van der Waals surface area contributed by atoms with E-state index in [4.69, 9.17) is 5.11 Å². The summed E-state index contributed by atoms with van der Waals surface area (Å²) >= 11 is 8.72. The summed E-state index contributed by atoms with van der Waals surface area (Å²) in [6.07, 6.45) is 1.73. The van der Waals surface area contributed by atoms with Crippen molar-refractivity contribution in [3.05, 3.63) is 49.0 Å². The standard InChI is InChI=1S/C14H15Br2NOS/c15-13-8-12(19-14(13)16)9-17-11-5-1-3-10(7-11)4-2-6-18/h1,3,5,7-8,17-18H,2,4,6,9H2. The van der Waals surface area contributed by atoms with Gasteiger partial charge in [0.25, 0.3) is 0 Å². The van der Waals surface area contributed by atoms with Crippen molar-refractivity contribution < 1.29 is 5.11 Å². The van der Waals surface area contributed by atoms with Gasteiger partial charge in [0.15, 0.2) is 0 Å². The van der Waals surface area contributed by atoms with E-state index >= 15 is 0 Å². The molecular formula is C14H15Br2NOS. The van der Waals surface area contributed by atoms with E-state index in [0.29, 0.717) is 0 Å². The predicted octanol–water partition coefficient (Wildman–Crippen LogP) is 4.81. The van der Waals surface area contributed by atoms with Crippen LogP contribution in [0.25, 0.3) is 0 Å². The molecule has 1 heterocycles. The second-order valence-electron chi connectivity index (χ2n) is 4.22. The molecule has 102 valence electrons. The average molecular weight is 405 g/mol. The van der Waals surface area contributed by atoms with Crippen LogP contribution in [0.1, 0.15) is 16.9 Å². The highest BCUT2D eigenvalue weighted by Crippen LogP contribution is 2.32. The van der Waals surface area contributed by atoms with Crippen LogP contribution in [0.15, 0.2) is 38.6 Å². The highest BCUT2D eigenvalue weighted by Gasteiger charge is 2.04. The van der Waals surface area contributed by atoms with Crippen LogP contribution < -0.4 is 5.32 Å². The molecule has 5 heteroatoms. The lowest BCUT2D eigenvalue weighted by atomic mass is 10.1. The SMILES string of the molecule is OCCCc1cccc(NCc2cc(Br)c(Br)s2)c1. The summed E-state index contributed by atoms with van der Waals surface area (Å²) < 4.78 is 2.23. The van der Waals surface area contributed by atoms with E-state index < -0.39 is 0 Å². The molecule has 2 aromatic rings. The number of halogens is 2. The van der Waals surface area contributed by atoms with E-state index in [1.807, 2.05) is 0 Å². The molecule has 0 fully saturated rings. The number of hydrogen-bond donors (Lipinski definition) is 2. The molecule has 0 amide bonds. The molecule has 0 saturated heterocycles. The number of anilines is 1. The normalized spacial score (nSPS) is 10.7. The minimum absolute atomic E-state index is 0.245. The lowest BCUT2D eigenvalue weighted by Crippen LogP contribution is -1.98. The number of nitrogens with one attached hydrogen (secondary N) is 1. The average Bonchev–Trinajstić information content (AvgIpc) is 2.74. The van der Waals surface area contributed by atoms with Gasteiger partial charge in [-0.3, -0.25) is 0 Å². The molecule has 1 aromatic carbocycles. The van der Waals surface area contributed by atoms with E-state index in [-0.39, 0.29) is 6.61 Å². The Bertz CT molecular complexity index is 522. The molecule has 19 heavy (non-hydrogen) atoms. The molecule has 0 unspecified atom stereocenters. The van der Waals surface area contributed by atoms with Crippen molar-refractivity contribution in [3.8, 4) is 0 Å². The first-order valence-corrected chi connectivity index (χ1v) is 8.46. The van der Waals surface area contributed by atoms with Gasteiger partial charge in [-0.05, 0) is 68.5 Å². The van der Waals surface area contributed by atoms with E-state index in [2.05, 4.69) is 67.5 Å².